The maximum atomic E-state index is 13.2. The van der Waals surface area contributed by atoms with Crippen molar-refractivity contribution in [3.8, 4) is 28.1 Å². The van der Waals surface area contributed by atoms with Crippen LogP contribution in [-0.4, -0.2) is 78.9 Å². The fraction of sp³-hybridized carbons (Fsp3) is 0.333. The first-order chi connectivity index (χ1) is 21.2. The Morgan fingerprint density at radius 1 is 1.05 bits per heavy atom. The molecule has 2 fully saturated rings. The summed E-state index contributed by atoms with van der Waals surface area (Å²) >= 11 is 0. The second kappa shape index (κ2) is 10.7. The van der Waals surface area contributed by atoms with Gasteiger partial charge in [0.25, 0.3) is 5.91 Å². The molecule has 0 aliphatic carbocycles. The zero-order chi connectivity index (χ0) is 30.6. The number of nitrogen functional groups attached to an aromatic ring is 1. The summed E-state index contributed by atoms with van der Waals surface area (Å²) in [5.74, 6) is 0.606. The van der Waals surface area contributed by atoms with Crippen molar-refractivity contribution in [1.29, 1.82) is 0 Å². The van der Waals surface area contributed by atoms with Gasteiger partial charge < -0.3 is 15.4 Å². The summed E-state index contributed by atoms with van der Waals surface area (Å²) in [4.78, 5) is 28.7. The van der Waals surface area contributed by atoms with Gasteiger partial charge in [0.2, 0.25) is 5.82 Å². The number of anilines is 1. The highest BCUT2D eigenvalue weighted by Gasteiger charge is 2.46. The Labute approximate surface area is 253 Å². The van der Waals surface area contributed by atoms with Crippen LogP contribution in [0, 0.1) is 0 Å². The molecule has 2 saturated heterocycles. The number of nitrogens with zero attached hydrogens (tertiary/aromatic N) is 7. The number of nitrogens with two attached hydrogens (primary N) is 1. The zero-order valence-electron chi connectivity index (χ0n) is 24.2. The minimum Gasteiger partial charge on any atom is -0.494 e. The number of carbonyl (C=O) groups is 1. The van der Waals surface area contributed by atoms with Crippen LogP contribution in [-0.2, 0) is 9.84 Å². The van der Waals surface area contributed by atoms with E-state index in [1.54, 1.807) is 12.4 Å². The average molecular weight is 614 g/mol. The Morgan fingerprint density at radius 2 is 1.77 bits per heavy atom. The number of benzene rings is 1. The van der Waals surface area contributed by atoms with Gasteiger partial charge in [-0.2, -0.15) is 14.7 Å². The van der Waals surface area contributed by atoms with E-state index < -0.39 is 9.84 Å². The number of carbonyl (C=O) groups excluding carboxylic acids is 1. The number of hydrogen-bond acceptors (Lipinski definition) is 10. The lowest BCUT2D eigenvalue weighted by molar-refractivity contribution is 0.0556. The number of sulfone groups is 1. The SMILES string of the molecule is CCOc1ccc(-c2ccc(-c3cnn4c(N)c(S(C)(=O)=O)c(C5C[C@H]6CC[C@@H](C5)N6C(=O)c5ncn[nH]5)nc34)cn2)cc1. The third kappa shape index (κ3) is 4.75. The number of piperidine rings is 1. The van der Waals surface area contributed by atoms with Gasteiger partial charge in [-0.15, -0.1) is 0 Å². The largest absolute Gasteiger partial charge is 0.494 e. The van der Waals surface area contributed by atoms with Crippen LogP contribution < -0.4 is 10.5 Å². The predicted octanol–water partition coefficient (Wildman–Crippen LogP) is 3.51. The van der Waals surface area contributed by atoms with E-state index in [1.807, 2.05) is 48.2 Å². The molecule has 5 aromatic rings. The van der Waals surface area contributed by atoms with E-state index in [2.05, 4.69) is 25.3 Å². The number of nitrogens with one attached hydrogen (secondary N) is 1. The summed E-state index contributed by atoms with van der Waals surface area (Å²) in [7, 11) is -3.76. The molecule has 6 heterocycles. The van der Waals surface area contributed by atoms with Gasteiger partial charge >= 0.3 is 0 Å². The summed E-state index contributed by atoms with van der Waals surface area (Å²) in [6.07, 6.45) is 8.58. The number of aromatic amines is 1. The van der Waals surface area contributed by atoms with Gasteiger partial charge in [0.15, 0.2) is 15.5 Å². The first-order valence-electron chi connectivity index (χ1n) is 14.5. The van der Waals surface area contributed by atoms with Gasteiger partial charge in [0.1, 0.15) is 22.8 Å². The number of rotatable bonds is 7. The topological polar surface area (TPSA) is 174 Å². The van der Waals surface area contributed by atoms with Crippen molar-refractivity contribution in [1.82, 2.24) is 39.7 Å². The maximum absolute atomic E-state index is 13.2. The molecule has 4 aromatic heterocycles. The van der Waals surface area contributed by atoms with Crippen LogP contribution in [0.1, 0.15) is 54.8 Å². The molecule has 3 atom stereocenters. The standard InChI is InChI=1S/C30H31N9O4S/c1-3-43-22-9-4-17(5-10-22)24-11-6-18(14-32-24)23-15-35-39-27(31)26(44(2,41)42)25(36-29(23)39)19-12-20-7-8-21(13-19)38(20)30(40)28-33-16-34-37-28/h4-6,9-11,14-16,19-21H,3,7-8,12-13,31H2,1-2H3,(H,33,34,37)/t19?,20-,21+. The van der Waals surface area contributed by atoms with Gasteiger partial charge in [0, 0.05) is 47.1 Å². The van der Waals surface area contributed by atoms with Crippen molar-refractivity contribution >= 4 is 27.2 Å². The summed E-state index contributed by atoms with van der Waals surface area (Å²) < 4.78 is 33.1. The Kier molecular flexibility index (Phi) is 6.80. The van der Waals surface area contributed by atoms with Crippen molar-refractivity contribution in [2.75, 3.05) is 18.6 Å². The molecule has 7 rings (SSSR count). The first-order valence-corrected chi connectivity index (χ1v) is 16.4. The van der Waals surface area contributed by atoms with Crippen molar-refractivity contribution in [2.24, 2.45) is 0 Å². The lowest BCUT2D eigenvalue weighted by atomic mass is 9.87. The van der Waals surface area contributed by atoms with Crippen molar-refractivity contribution in [3.05, 3.63) is 66.6 Å². The smallest absolute Gasteiger partial charge is 0.291 e. The third-order valence-corrected chi connectivity index (χ3v) is 9.70. The van der Waals surface area contributed by atoms with E-state index in [0.29, 0.717) is 36.4 Å². The Hall–Kier alpha value is -4.85. The highest BCUT2D eigenvalue weighted by atomic mass is 32.2. The second-order valence-corrected chi connectivity index (χ2v) is 13.2. The first kappa shape index (κ1) is 28.0. The molecule has 44 heavy (non-hydrogen) atoms. The molecule has 2 aliphatic heterocycles. The molecule has 13 nitrogen and oxygen atoms in total. The molecule has 2 bridgehead atoms. The Morgan fingerprint density at radius 3 is 2.39 bits per heavy atom. The highest BCUT2D eigenvalue weighted by molar-refractivity contribution is 7.91. The van der Waals surface area contributed by atoms with Crippen LogP contribution >= 0.6 is 0 Å². The number of aromatic nitrogens is 7. The molecule has 1 amide bonds. The van der Waals surface area contributed by atoms with Crippen LogP contribution in [0.5, 0.6) is 5.75 Å². The Balaban J connectivity index is 1.24. The van der Waals surface area contributed by atoms with Crippen LogP contribution in [0.4, 0.5) is 5.82 Å². The summed E-state index contributed by atoms with van der Waals surface area (Å²) in [5, 5.41) is 10.9. The van der Waals surface area contributed by atoms with Gasteiger partial charge in [0.05, 0.1) is 24.2 Å². The van der Waals surface area contributed by atoms with E-state index in [1.165, 1.54) is 10.8 Å². The van der Waals surface area contributed by atoms with E-state index in [0.717, 1.165) is 41.7 Å². The maximum Gasteiger partial charge on any atom is 0.291 e. The predicted molar refractivity (Wildman–Crippen MR) is 162 cm³/mol. The van der Waals surface area contributed by atoms with E-state index in [4.69, 9.17) is 15.5 Å². The lowest BCUT2D eigenvalue weighted by Crippen LogP contribution is -2.46. The third-order valence-electron chi connectivity index (χ3n) is 8.54. The van der Waals surface area contributed by atoms with E-state index >= 15 is 0 Å². The van der Waals surface area contributed by atoms with Gasteiger partial charge in [-0.05, 0) is 62.9 Å². The quantitative estimate of drug-likeness (QED) is 0.276. The molecule has 1 unspecified atom stereocenters. The molecule has 226 valence electrons. The molecule has 0 saturated carbocycles. The average Bonchev–Trinajstić information content (AvgIpc) is 3.75. The van der Waals surface area contributed by atoms with Gasteiger partial charge in [-0.1, -0.05) is 6.07 Å². The summed E-state index contributed by atoms with van der Waals surface area (Å²) in [5.41, 5.74) is 10.6. The number of pyridine rings is 1. The van der Waals surface area contributed by atoms with Crippen LogP contribution in [0.3, 0.4) is 0 Å². The van der Waals surface area contributed by atoms with Crippen LogP contribution in [0.15, 0.2) is 60.0 Å². The summed E-state index contributed by atoms with van der Waals surface area (Å²) in [6, 6.07) is 11.4. The molecular formula is C30H31N9O4S. The van der Waals surface area contributed by atoms with Gasteiger partial charge in [-0.3, -0.25) is 14.9 Å². The number of hydrogen-bond donors (Lipinski definition) is 2. The zero-order valence-corrected chi connectivity index (χ0v) is 25.0. The number of amides is 1. The molecule has 1 aromatic carbocycles. The minimum absolute atomic E-state index is 0.0111. The monoisotopic (exact) mass is 613 g/mol. The Bertz CT molecular complexity index is 1940. The fourth-order valence-electron chi connectivity index (χ4n) is 6.65. The summed E-state index contributed by atoms with van der Waals surface area (Å²) in [6.45, 7) is 2.54. The van der Waals surface area contributed by atoms with Crippen molar-refractivity contribution in [3.63, 3.8) is 0 Å². The molecule has 14 heteroatoms. The van der Waals surface area contributed by atoms with Crippen LogP contribution in [0.2, 0.25) is 0 Å². The van der Waals surface area contributed by atoms with Crippen LogP contribution in [0.25, 0.3) is 28.0 Å². The normalized spacial score (nSPS) is 19.9. The van der Waals surface area contributed by atoms with Crippen molar-refractivity contribution < 1.29 is 17.9 Å². The number of ether oxygens (including phenoxy) is 1. The van der Waals surface area contributed by atoms with Crippen molar-refractivity contribution in [2.45, 2.75) is 55.5 Å². The molecule has 0 radical (unpaired) electrons. The minimum atomic E-state index is -3.76. The lowest BCUT2D eigenvalue weighted by Gasteiger charge is -2.38. The molecule has 0 spiro atoms. The van der Waals surface area contributed by atoms with E-state index in [9.17, 15) is 13.2 Å². The number of H-pyrrole nitrogens is 1. The highest BCUT2D eigenvalue weighted by Crippen LogP contribution is 2.45. The molecule has 2 aliphatic rings. The van der Waals surface area contributed by atoms with E-state index in [-0.39, 0.29) is 40.4 Å². The number of fused-ring (bicyclic) bond motifs is 3. The second-order valence-electron chi connectivity index (χ2n) is 11.3. The fourth-order valence-corrected chi connectivity index (χ4v) is 7.71. The van der Waals surface area contributed by atoms with Gasteiger partial charge in [-0.25, -0.2) is 18.4 Å². The molecule has 3 N–H and O–H groups in total. The molecular weight excluding hydrogens is 582 g/mol.